The maximum absolute atomic E-state index is 11.8. The van der Waals surface area contributed by atoms with Gasteiger partial charge in [0.2, 0.25) is 0 Å². The highest BCUT2D eigenvalue weighted by Gasteiger charge is 2.15. The molecule has 3 N–H and O–H groups in total. The molecule has 0 aromatic heterocycles. The van der Waals surface area contributed by atoms with E-state index in [9.17, 15) is 9.90 Å². The second kappa shape index (κ2) is 5.38. The highest BCUT2D eigenvalue weighted by atomic mass is 35.5. The van der Waals surface area contributed by atoms with Crippen molar-refractivity contribution >= 4 is 17.5 Å². The van der Waals surface area contributed by atoms with Crippen LogP contribution in [-0.2, 0) is 0 Å². The topological polar surface area (TPSA) is 61.4 Å². The number of carbonyl (C=O) groups excluding carboxylic acids is 1. The fourth-order valence-corrected chi connectivity index (χ4v) is 2.08. The van der Waals surface area contributed by atoms with E-state index in [1.165, 1.54) is 12.1 Å². The molecule has 0 bridgehead atoms. The maximum Gasteiger partial charge on any atom is 0.251 e. The summed E-state index contributed by atoms with van der Waals surface area (Å²) in [7, 11) is 0. The summed E-state index contributed by atoms with van der Waals surface area (Å²) in [5.74, 6) is -0.179. The number of phenols is 1. The lowest BCUT2D eigenvalue weighted by molar-refractivity contribution is 0.0950. The monoisotopic (exact) mass is 254 g/mol. The van der Waals surface area contributed by atoms with E-state index in [1.54, 1.807) is 6.07 Å². The molecule has 92 valence electrons. The summed E-state index contributed by atoms with van der Waals surface area (Å²) in [6.45, 7) is 1.64. The molecule has 1 aromatic rings. The van der Waals surface area contributed by atoms with E-state index < -0.39 is 0 Å². The normalized spacial score (nSPS) is 19.2. The standard InChI is InChI=1S/C12H15ClN2O2/c13-10-6-8(3-4-11(10)16)12(17)15-7-9-2-1-5-14-9/h3-4,6,9,14,16H,1-2,5,7H2,(H,15,17). The van der Waals surface area contributed by atoms with E-state index in [4.69, 9.17) is 11.6 Å². The summed E-state index contributed by atoms with van der Waals surface area (Å²) in [5, 5.41) is 15.6. The van der Waals surface area contributed by atoms with Crippen molar-refractivity contribution in [2.75, 3.05) is 13.1 Å². The number of aromatic hydroxyl groups is 1. The average Bonchev–Trinajstić information content (AvgIpc) is 2.82. The predicted octanol–water partition coefficient (Wildman–Crippen LogP) is 1.53. The van der Waals surface area contributed by atoms with E-state index in [1.807, 2.05) is 0 Å². The Hall–Kier alpha value is -1.26. The lowest BCUT2D eigenvalue weighted by Crippen LogP contribution is -2.37. The van der Waals surface area contributed by atoms with Gasteiger partial charge in [-0.25, -0.2) is 0 Å². The number of amides is 1. The van der Waals surface area contributed by atoms with E-state index in [-0.39, 0.29) is 16.7 Å². The number of carbonyl (C=O) groups is 1. The fraction of sp³-hybridized carbons (Fsp3) is 0.417. The van der Waals surface area contributed by atoms with Crippen LogP contribution < -0.4 is 10.6 Å². The van der Waals surface area contributed by atoms with Crippen molar-refractivity contribution in [1.29, 1.82) is 0 Å². The van der Waals surface area contributed by atoms with Gasteiger partial charge in [0.15, 0.2) is 0 Å². The van der Waals surface area contributed by atoms with Crippen LogP contribution in [0, 0.1) is 0 Å². The van der Waals surface area contributed by atoms with Crippen LogP contribution in [-0.4, -0.2) is 30.1 Å². The van der Waals surface area contributed by atoms with Crippen LogP contribution in [0.3, 0.4) is 0 Å². The number of hydrogen-bond acceptors (Lipinski definition) is 3. The van der Waals surface area contributed by atoms with E-state index in [0.717, 1.165) is 19.4 Å². The first kappa shape index (κ1) is 12.2. The van der Waals surface area contributed by atoms with Gasteiger partial charge in [-0.3, -0.25) is 4.79 Å². The van der Waals surface area contributed by atoms with Crippen LogP contribution in [0.2, 0.25) is 5.02 Å². The molecule has 5 heteroatoms. The Kier molecular flexibility index (Phi) is 3.86. The molecule has 4 nitrogen and oxygen atoms in total. The molecule has 1 atom stereocenters. The van der Waals surface area contributed by atoms with Crippen LogP contribution in [0.4, 0.5) is 0 Å². The first-order chi connectivity index (χ1) is 8.16. The molecule has 1 aromatic carbocycles. The smallest absolute Gasteiger partial charge is 0.251 e. The van der Waals surface area contributed by atoms with E-state index in [2.05, 4.69) is 10.6 Å². The van der Waals surface area contributed by atoms with Crippen LogP contribution >= 0.6 is 11.6 Å². The summed E-state index contributed by atoms with van der Waals surface area (Å²) >= 11 is 5.74. The number of halogens is 1. The van der Waals surface area contributed by atoms with Crippen molar-refractivity contribution in [2.45, 2.75) is 18.9 Å². The van der Waals surface area contributed by atoms with E-state index in [0.29, 0.717) is 18.2 Å². The van der Waals surface area contributed by atoms with Crippen molar-refractivity contribution < 1.29 is 9.90 Å². The summed E-state index contributed by atoms with van der Waals surface area (Å²) in [5.41, 5.74) is 0.464. The Balaban J connectivity index is 1.92. The molecule has 1 unspecified atom stereocenters. The Bertz CT molecular complexity index is 417. The third-order valence-corrected chi connectivity index (χ3v) is 3.18. The van der Waals surface area contributed by atoms with Gasteiger partial charge in [-0.1, -0.05) is 11.6 Å². The summed E-state index contributed by atoms with van der Waals surface area (Å²) in [4.78, 5) is 11.8. The zero-order chi connectivity index (χ0) is 12.3. The average molecular weight is 255 g/mol. The molecular formula is C12H15ClN2O2. The highest BCUT2D eigenvalue weighted by Crippen LogP contribution is 2.23. The highest BCUT2D eigenvalue weighted by molar-refractivity contribution is 6.32. The van der Waals surface area contributed by atoms with Gasteiger partial charge in [-0.05, 0) is 37.6 Å². The second-order valence-electron chi connectivity index (χ2n) is 4.17. The van der Waals surface area contributed by atoms with Crippen LogP contribution in [0.15, 0.2) is 18.2 Å². The molecule has 1 fully saturated rings. The summed E-state index contributed by atoms with van der Waals surface area (Å²) < 4.78 is 0. The van der Waals surface area contributed by atoms with Gasteiger partial charge in [-0.2, -0.15) is 0 Å². The molecule has 0 radical (unpaired) electrons. The Morgan fingerprint density at radius 1 is 1.59 bits per heavy atom. The Labute approximate surface area is 105 Å². The number of phenolic OH excluding ortho intramolecular Hbond substituents is 1. The van der Waals surface area contributed by atoms with E-state index >= 15 is 0 Å². The van der Waals surface area contributed by atoms with Gasteiger partial charge in [0, 0.05) is 18.2 Å². The molecule has 0 spiro atoms. The summed E-state index contributed by atoms with van der Waals surface area (Å²) in [6, 6.07) is 4.81. The second-order valence-corrected chi connectivity index (χ2v) is 4.58. The SMILES string of the molecule is O=C(NCC1CCCN1)c1ccc(O)c(Cl)c1. The van der Waals surface area contributed by atoms with Crippen LogP contribution in [0.1, 0.15) is 23.2 Å². The van der Waals surface area contributed by atoms with Gasteiger partial charge in [0.25, 0.3) is 5.91 Å². The minimum absolute atomic E-state index is 0.0133. The quantitative estimate of drug-likeness (QED) is 0.767. The third-order valence-electron chi connectivity index (χ3n) is 2.88. The first-order valence-corrected chi connectivity index (χ1v) is 6.04. The van der Waals surface area contributed by atoms with Gasteiger partial charge in [-0.15, -0.1) is 0 Å². The van der Waals surface area contributed by atoms with Gasteiger partial charge in [0.05, 0.1) is 5.02 Å². The van der Waals surface area contributed by atoms with Crippen molar-refractivity contribution in [3.63, 3.8) is 0 Å². The third kappa shape index (κ3) is 3.11. The van der Waals surface area contributed by atoms with Gasteiger partial charge in [0.1, 0.15) is 5.75 Å². The van der Waals surface area contributed by atoms with Crippen LogP contribution in [0.5, 0.6) is 5.75 Å². The maximum atomic E-state index is 11.8. The molecule has 0 aliphatic carbocycles. The molecule has 1 amide bonds. The molecule has 2 rings (SSSR count). The number of benzene rings is 1. The molecule has 17 heavy (non-hydrogen) atoms. The zero-order valence-electron chi connectivity index (χ0n) is 9.37. The van der Waals surface area contributed by atoms with Crippen molar-refractivity contribution in [3.05, 3.63) is 28.8 Å². The molecule has 1 saturated heterocycles. The molecule has 0 saturated carbocycles. The Morgan fingerprint density at radius 2 is 2.41 bits per heavy atom. The zero-order valence-corrected chi connectivity index (χ0v) is 10.1. The first-order valence-electron chi connectivity index (χ1n) is 5.67. The molecule has 1 aliphatic rings. The lowest BCUT2D eigenvalue weighted by atomic mass is 10.2. The van der Waals surface area contributed by atoms with Gasteiger partial charge < -0.3 is 15.7 Å². The number of hydrogen-bond donors (Lipinski definition) is 3. The minimum Gasteiger partial charge on any atom is -0.506 e. The fourth-order valence-electron chi connectivity index (χ4n) is 1.90. The van der Waals surface area contributed by atoms with Crippen molar-refractivity contribution in [1.82, 2.24) is 10.6 Å². The van der Waals surface area contributed by atoms with Crippen LogP contribution in [0.25, 0.3) is 0 Å². The Morgan fingerprint density at radius 3 is 3.06 bits per heavy atom. The molecular weight excluding hydrogens is 240 g/mol. The number of rotatable bonds is 3. The largest absolute Gasteiger partial charge is 0.506 e. The lowest BCUT2D eigenvalue weighted by Gasteiger charge is -2.11. The predicted molar refractivity (Wildman–Crippen MR) is 66.5 cm³/mol. The molecule has 1 aliphatic heterocycles. The summed E-state index contributed by atoms with van der Waals surface area (Å²) in [6.07, 6.45) is 2.25. The van der Waals surface area contributed by atoms with Crippen molar-refractivity contribution in [3.8, 4) is 5.75 Å². The molecule has 1 heterocycles. The van der Waals surface area contributed by atoms with Gasteiger partial charge >= 0.3 is 0 Å². The van der Waals surface area contributed by atoms with Crippen molar-refractivity contribution in [2.24, 2.45) is 0 Å². The minimum atomic E-state index is -0.166. The number of nitrogens with one attached hydrogen (secondary N) is 2.